The van der Waals surface area contributed by atoms with E-state index in [-0.39, 0.29) is 36.4 Å². The minimum absolute atomic E-state index is 0.0506. The summed E-state index contributed by atoms with van der Waals surface area (Å²) in [6, 6.07) is 10.9. The maximum absolute atomic E-state index is 13.1. The van der Waals surface area contributed by atoms with E-state index in [1.54, 1.807) is 24.3 Å². The maximum Gasteiger partial charge on any atom is 0.242 e. The van der Waals surface area contributed by atoms with Crippen molar-refractivity contribution in [1.82, 2.24) is 10.2 Å². The highest BCUT2D eigenvalue weighted by molar-refractivity contribution is 5.88. The molecule has 138 valence electrons. The first-order valence-electron chi connectivity index (χ1n) is 8.44. The van der Waals surface area contributed by atoms with Crippen molar-refractivity contribution in [3.8, 4) is 0 Å². The van der Waals surface area contributed by atoms with Crippen molar-refractivity contribution in [3.63, 3.8) is 0 Å². The van der Waals surface area contributed by atoms with Gasteiger partial charge in [0.1, 0.15) is 17.7 Å². The quantitative estimate of drug-likeness (QED) is 0.825. The largest absolute Gasteiger partial charge is 0.357 e. The van der Waals surface area contributed by atoms with E-state index in [1.165, 1.54) is 36.2 Å². The lowest BCUT2D eigenvalue weighted by molar-refractivity contribution is -0.140. The molecular weight excluding hydrogens is 338 g/mol. The molecule has 0 radical (unpaired) electrons. The van der Waals surface area contributed by atoms with Gasteiger partial charge < -0.3 is 10.2 Å². The molecular formula is C20H22F2N2O2. The monoisotopic (exact) mass is 360 g/mol. The minimum atomic E-state index is -0.641. The molecule has 0 aliphatic heterocycles. The number of likely N-dealkylation sites (N-methyl/N-ethyl adjacent to an activating group) is 1. The van der Waals surface area contributed by atoms with E-state index >= 15 is 0 Å². The fraction of sp³-hybridized carbons (Fsp3) is 0.300. The summed E-state index contributed by atoms with van der Waals surface area (Å²) in [5.41, 5.74) is 1.38. The van der Waals surface area contributed by atoms with Gasteiger partial charge in [0.25, 0.3) is 0 Å². The third-order valence-electron chi connectivity index (χ3n) is 4.17. The first-order chi connectivity index (χ1) is 12.4. The number of hydrogen-bond donors (Lipinski definition) is 1. The van der Waals surface area contributed by atoms with E-state index in [4.69, 9.17) is 0 Å². The molecule has 0 spiro atoms. The van der Waals surface area contributed by atoms with E-state index in [0.29, 0.717) is 12.0 Å². The number of rotatable bonds is 7. The zero-order chi connectivity index (χ0) is 19.1. The van der Waals surface area contributed by atoms with Crippen LogP contribution in [0.2, 0.25) is 0 Å². The van der Waals surface area contributed by atoms with E-state index in [1.807, 2.05) is 6.92 Å². The van der Waals surface area contributed by atoms with Gasteiger partial charge in [-0.1, -0.05) is 31.2 Å². The smallest absolute Gasteiger partial charge is 0.242 e. The Morgan fingerprint density at radius 1 is 0.962 bits per heavy atom. The Morgan fingerprint density at radius 2 is 1.46 bits per heavy atom. The van der Waals surface area contributed by atoms with Crippen molar-refractivity contribution in [2.24, 2.45) is 0 Å². The summed E-state index contributed by atoms with van der Waals surface area (Å²) in [4.78, 5) is 26.6. The Labute approximate surface area is 151 Å². The van der Waals surface area contributed by atoms with Crippen LogP contribution in [0.5, 0.6) is 0 Å². The molecule has 0 heterocycles. The van der Waals surface area contributed by atoms with Crippen LogP contribution in [0.4, 0.5) is 8.78 Å². The number of carbonyl (C=O) groups excluding carboxylic acids is 2. The first-order valence-corrected chi connectivity index (χ1v) is 8.44. The summed E-state index contributed by atoms with van der Waals surface area (Å²) in [5, 5.41) is 2.58. The average Bonchev–Trinajstić information content (AvgIpc) is 2.64. The molecule has 2 amide bonds. The first kappa shape index (κ1) is 19.6. The summed E-state index contributed by atoms with van der Waals surface area (Å²) in [6.45, 7) is 2.01. The molecule has 0 saturated carbocycles. The van der Waals surface area contributed by atoms with E-state index < -0.39 is 6.04 Å². The minimum Gasteiger partial charge on any atom is -0.357 e. The summed E-state index contributed by atoms with van der Waals surface area (Å²) in [7, 11) is 1.52. The molecule has 2 aromatic rings. The van der Waals surface area contributed by atoms with Gasteiger partial charge in [-0.15, -0.1) is 0 Å². The van der Waals surface area contributed by atoms with Gasteiger partial charge in [0, 0.05) is 13.6 Å². The number of nitrogens with zero attached hydrogens (tertiary/aromatic N) is 1. The van der Waals surface area contributed by atoms with Gasteiger partial charge in [-0.05, 0) is 41.8 Å². The van der Waals surface area contributed by atoms with Crippen LogP contribution in [0.1, 0.15) is 24.5 Å². The summed E-state index contributed by atoms with van der Waals surface area (Å²) in [6.07, 6.45) is 0.491. The molecule has 0 fully saturated rings. The highest BCUT2D eigenvalue weighted by atomic mass is 19.1. The normalized spacial score (nSPS) is 11.7. The predicted octanol–water partition coefficient (Wildman–Crippen LogP) is 3.06. The second kappa shape index (κ2) is 9.08. The van der Waals surface area contributed by atoms with Crippen LogP contribution < -0.4 is 5.32 Å². The third-order valence-corrected chi connectivity index (χ3v) is 4.17. The van der Waals surface area contributed by atoms with E-state index in [0.717, 1.165) is 5.56 Å². The Kier molecular flexibility index (Phi) is 6.83. The molecule has 0 aliphatic rings. The van der Waals surface area contributed by atoms with Crippen LogP contribution in [0.25, 0.3) is 0 Å². The van der Waals surface area contributed by atoms with Crippen molar-refractivity contribution < 1.29 is 18.4 Å². The predicted molar refractivity (Wildman–Crippen MR) is 95.2 cm³/mol. The highest BCUT2D eigenvalue weighted by Gasteiger charge is 2.27. The van der Waals surface area contributed by atoms with Gasteiger partial charge in [0.2, 0.25) is 11.8 Å². The van der Waals surface area contributed by atoms with Crippen LogP contribution in [-0.2, 0) is 22.6 Å². The van der Waals surface area contributed by atoms with Crippen molar-refractivity contribution >= 4 is 11.8 Å². The summed E-state index contributed by atoms with van der Waals surface area (Å²) < 4.78 is 26.2. The van der Waals surface area contributed by atoms with E-state index in [2.05, 4.69) is 5.32 Å². The molecule has 0 saturated heterocycles. The van der Waals surface area contributed by atoms with Gasteiger partial charge in [0.15, 0.2) is 0 Å². The van der Waals surface area contributed by atoms with Gasteiger partial charge in [-0.2, -0.15) is 0 Å². The molecule has 1 atom stereocenters. The number of nitrogens with one attached hydrogen (secondary N) is 1. The zero-order valence-electron chi connectivity index (χ0n) is 14.8. The van der Waals surface area contributed by atoms with Crippen LogP contribution in [-0.4, -0.2) is 29.8 Å². The number of amides is 2. The second-order valence-corrected chi connectivity index (χ2v) is 5.99. The molecule has 1 N–H and O–H groups in total. The molecule has 0 aromatic heterocycles. The molecule has 2 aromatic carbocycles. The summed E-state index contributed by atoms with van der Waals surface area (Å²) >= 11 is 0. The lowest BCUT2D eigenvalue weighted by atomic mass is 10.1. The Hall–Kier alpha value is -2.76. The fourth-order valence-corrected chi connectivity index (χ4v) is 2.75. The molecule has 0 unspecified atom stereocenters. The van der Waals surface area contributed by atoms with Crippen LogP contribution in [0.3, 0.4) is 0 Å². The SMILES string of the molecule is CC[C@@H](C(=O)NC)N(Cc1ccc(F)cc1)C(=O)Cc1ccc(F)cc1. The number of benzene rings is 2. The Morgan fingerprint density at radius 3 is 1.92 bits per heavy atom. The molecule has 0 bridgehead atoms. The van der Waals surface area contributed by atoms with Gasteiger partial charge in [-0.3, -0.25) is 9.59 Å². The maximum atomic E-state index is 13.1. The number of hydrogen-bond acceptors (Lipinski definition) is 2. The lowest BCUT2D eigenvalue weighted by Crippen LogP contribution is -2.48. The number of halogens is 2. The average molecular weight is 360 g/mol. The number of carbonyl (C=O) groups is 2. The van der Waals surface area contributed by atoms with Crippen LogP contribution >= 0.6 is 0 Å². The third kappa shape index (κ3) is 5.12. The summed E-state index contributed by atoms with van der Waals surface area (Å²) in [5.74, 6) is -1.25. The van der Waals surface area contributed by atoms with Crippen molar-refractivity contribution in [3.05, 3.63) is 71.3 Å². The topological polar surface area (TPSA) is 49.4 Å². The van der Waals surface area contributed by atoms with Crippen molar-refractivity contribution in [2.45, 2.75) is 32.4 Å². The van der Waals surface area contributed by atoms with E-state index in [9.17, 15) is 18.4 Å². The standard InChI is InChI=1S/C20H22F2N2O2/c1-3-18(20(26)23-2)24(13-15-6-10-17(22)11-7-15)19(25)12-14-4-8-16(21)9-5-14/h4-11,18H,3,12-13H2,1-2H3,(H,23,26)/t18-/m0/s1. The van der Waals surface area contributed by atoms with Crippen LogP contribution in [0, 0.1) is 11.6 Å². The fourth-order valence-electron chi connectivity index (χ4n) is 2.75. The molecule has 2 rings (SSSR count). The highest BCUT2D eigenvalue weighted by Crippen LogP contribution is 2.15. The Bertz CT molecular complexity index is 745. The molecule has 4 nitrogen and oxygen atoms in total. The molecule has 0 aliphatic carbocycles. The molecule has 6 heteroatoms. The zero-order valence-corrected chi connectivity index (χ0v) is 14.8. The van der Waals surface area contributed by atoms with Crippen molar-refractivity contribution in [1.29, 1.82) is 0 Å². The Balaban J connectivity index is 2.25. The van der Waals surface area contributed by atoms with Crippen LogP contribution in [0.15, 0.2) is 48.5 Å². The van der Waals surface area contributed by atoms with Gasteiger partial charge >= 0.3 is 0 Å². The lowest BCUT2D eigenvalue weighted by Gasteiger charge is -2.30. The van der Waals surface area contributed by atoms with Gasteiger partial charge in [0.05, 0.1) is 6.42 Å². The van der Waals surface area contributed by atoms with Crippen molar-refractivity contribution in [2.75, 3.05) is 7.05 Å². The molecule has 26 heavy (non-hydrogen) atoms. The van der Waals surface area contributed by atoms with Gasteiger partial charge in [-0.25, -0.2) is 8.78 Å². The second-order valence-electron chi connectivity index (χ2n) is 5.99.